The van der Waals surface area contributed by atoms with E-state index >= 15 is 0 Å². The van der Waals surface area contributed by atoms with Crippen molar-refractivity contribution in [1.29, 1.82) is 0 Å². The van der Waals surface area contributed by atoms with Gasteiger partial charge in [-0.25, -0.2) is 4.98 Å². The van der Waals surface area contributed by atoms with Crippen molar-refractivity contribution in [1.82, 2.24) is 4.98 Å². The molecule has 1 aromatic heterocycles. The van der Waals surface area contributed by atoms with E-state index < -0.39 is 11.7 Å². The molecule has 0 radical (unpaired) electrons. The lowest BCUT2D eigenvalue weighted by Crippen LogP contribution is -2.18. The summed E-state index contributed by atoms with van der Waals surface area (Å²) in [6, 6.07) is 3.56. The van der Waals surface area contributed by atoms with Gasteiger partial charge < -0.3 is 11.1 Å². The zero-order valence-electron chi connectivity index (χ0n) is 10.3. The van der Waals surface area contributed by atoms with Crippen molar-refractivity contribution in [3.05, 3.63) is 40.4 Å². The lowest BCUT2D eigenvalue weighted by atomic mass is 10.1. The zero-order chi connectivity index (χ0) is 14.9. The maximum atomic E-state index is 12.8. The second kappa shape index (κ2) is 5.37. The average molecular weight is 317 g/mol. The van der Waals surface area contributed by atoms with E-state index in [9.17, 15) is 13.2 Å². The van der Waals surface area contributed by atoms with Crippen molar-refractivity contribution in [2.24, 2.45) is 5.73 Å². The van der Waals surface area contributed by atoms with Crippen LogP contribution >= 0.6 is 23.6 Å². The average Bonchev–Trinajstić information content (AvgIpc) is 2.73. The molecule has 0 atom stereocenters. The number of halogens is 3. The van der Waals surface area contributed by atoms with Crippen LogP contribution in [0, 0.1) is 6.92 Å². The van der Waals surface area contributed by atoms with E-state index in [1.807, 2.05) is 6.92 Å². The van der Waals surface area contributed by atoms with E-state index in [1.54, 1.807) is 6.20 Å². The third kappa shape index (κ3) is 3.26. The first kappa shape index (κ1) is 14.7. The maximum Gasteiger partial charge on any atom is 0.417 e. The fourth-order valence-electron chi connectivity index (χ4n) is 1.61. The monoisotopic (exact) mass is 317 g/mol. The van der Waals surface area contributed by atoms with Gasteiger partial charge in [0, 0.05) is 22.3 Å². The maximum absolute atomic E-state index is 12.8. The number of anilines is 2. The lowest BCUT2D eigenvalue weighted by molar-refractivity contribution is -0.137. The van der Waals surface area contributed by atoms with Crippen LogP contribution in [0.15, 0.2) is 24.4 Å². The predicted octanol–water partition coefficient (Wildman–Crippen LogP) is 3.85. The first-order valence-electron chi connectivity index (χ1n) is 5.48. The molecule has 3 N–H and O–H groups in total. The highest BCUT2D eigenvalue weighted by molar-refractivity contribution is 7.80. The Morgan fingerprint density at radius 2 is 2.10 bits per heavy atom. The van der Waals surface area contributed by atoms with E-state index in [-0.39, 0.29) is 10.6 Å². The van der Waals surface area contributed by atoms with Crippen LogP contribution < -0.4 is 11.1 Å². The summed E-state index contributed by atoms with van der Waals surface area (Å²) in [6.45, 7) is 1.88. The normalized spacial score (nSPS) is 11.4. The van der Waals surface area contributed by atoms with Crippen LogP contribution in [0.25, 0.3) is 0 Å². The fourth-order valence-corrected chi connectivity index (χ4v) is 2.46. The van der Waals surface area contributed by atoms with E-state index in [2.05, 4.69) is 22.5 Å². The molecule has 0 bridgehead atoms. The Balaban J connectivity index is 2.38. The molecule has 0 aliphatic rings. The molecule has 0 aliphatic heterocycles. The van der Waals surface area contributed by atoms with Crippen molar-refractivity contribution >= 4 is 39.4 Å². The Kier molecular flexibility index (Phi) is 3.96. The molecular formula is C12H10F3N3S2. The number of benzene rings is 1. The van der Waals surface area contributed by atoms with Crippen molar-refractivity contribution < 1.29 is 13.2 Å². The van der Waals surface area contributed by atoms with Gasteiger partial charge in [0.05, 0.1) is 5.56 Å². The number of nitrogens with two attached hydrogens (primary N) is 1. The van der Waals surface area contributed by atoms with Gasteiger partial charge in [-0.05, 0) is 25.1 Å². The van der Waals surface area contributed by atoms with Gasteiger partial charge in [0.2, 0.25) is 0 Å². The highest BCUT2D eigenvalue weighted by Gasteiger charge is 2.34. The fraction of sp³-hybridized carbons (Fsp3) is 0.167. The Morgan fingerprint density at radius 1 is 1.40 bits per heavy atom. The molecule has 0 amide bonds. The molecule has 0 aliphatic carbocycles. The van der Waals surface area contributed by atoms with Crippen LogP contribution in [0.5, 0.6) is 0 Å². The van der Waals surface area contributed by atoms with Gasteiger partial charge in [0.1, 0.15) is 4.99 Å². The Morgan fingerprint density at radius 3 is 2.60 bits per heavy atom. The second-order valence-corrected chi connectivity index (χ2v) is 5.70. The summed E-state index contributed by atoms with van der Waals surface area (Å²) >= 11 is 6.08. The van der Waals surface area contributed by atoms with Crippen molar-refractivity contribution in [3.8, 4) is 0 Å². The summed E-state index contributed by atoms with van der Waals surface area (Å²) < 4.78 is 38.5. The van der Waals surface area contributed by atoms with Crippen LogP contribution in [-0.4, -0.2) is 9.97 Å². The highest BCUT2D eigenvalue weighted by Crippen LogP contribution is 2.34. The summed E-state index contributed by atoms with van der Waals surface area (Å²) in [5.41, 5.74) is 4.78. The molecule has 8 heteroatoms. The smallest absolute Gasteiger partial charge is 0.389 e. The summed E-state index contributed by atoms with van der Waals surface area (Å²) in [6.07, 6.45) is -2.82. The second-order valence-electron chi connectivity index (χ2n) is 4.02. The number of alkyl halides is 3. The first-order chi connectivity index (χ1) is 9.27. The molecule has 2 rings (SSSR count). The predicted molar refractivity (Wildman–Crippen MR) is 77.5 cm³/mol. The van der Waals surface area contributed by atoms with E-state index in [4.69, 9.17) is 5.73 Å². The van der Waals surface area contributed by atoms with Crippen LogP contribution in [-0.2, 0) is 6.18 Å². The minimum Gasteiger partial charge on any atom is -0.389 e. The van der Waals surface area contributed by atoms with E-state index in [1.165, 1.54) is 23.5 Å². The lowest BCUT2D eigenvalue weighted by Gasteiger charge is -2.13. The molecule has 20 heavy (non-hydrogen) atoms. The van der Waals surface area contributed by atoms with Gasteiger partial charge in [-0.15, -0.1) is 11.3 Å². The van der Waals surface area contributed by atoms with Crippen molar-refractivity contribution in [2.45, 2.75) is 13.1 Å². The number of thiazole rings is 1. The Labute approximate surface area is 122 Å². The third-order valence-electron chi connectivity index (χ3n) is 2.46. The van der Waals surface area contributed by atoms with Crippen molar-refractivity contribution in [3.63, 3.8) is 0 Å². The number of aryl methyl sites for hydroxylation is 1. The summed E-state index contributed by atoms with van der Waals surface area (Å²) in [4.78, 5) is 4.78. The van der Waals surface area contributed by atoms with Gasteiger partial charge >= 0.3 is 6.18 Å². The van der Waals surface area contributed by atoms with Crippen LogP contribution in [0.1, 0.15) is 16.0 Å². The Bertz CT molecular complexity index is 650. The third-order valence-corrected chi connectivity index (χ3v) is 3.51. The molecule has 106 valence electrons. The molecule has 0 unspecified atom stereocenters. The molecule has 0 spiro atoms. The first-order valence-corrected chi connectivity index (χ1v) is 6.70. The highest BCUT2D eigenvalue weighted by atomic mass is 32.1. The molecular weight excluding hydrogens is 307 g/mol. The minimum absolute atomic E-state index is 0.203. The number of hydrogen-bond acceptors (Lipinski definition) is 4. The topological polar surface area (TPSA) is 50.9 Å². The standard InChI is InChI=1S/C12H10F3N3S2/c1-6-5-17-11(20-6)18-7-2-3-9(12(13,14)15)8(4-7)10(16)19/h2-5H,1H3,(H2,16,19)(H,17,18). The van der Waals surface area contributed by atoms with Crippen molar-refractivity contribution in [2.75, 3.05) is 5.32 Å². The van der Waals surface area contributed by atoms with E-state index in [0.29, 0.717) is 10.8 Å². The van der Waals surface area contributed by atoms with E-state index in [0.717, 1.165) is 10.9 Å². The summed E-state index contributed by atoms with van der Waals surface area (Å²) in [7, 11) is 0. The van der Waals surface area contributed by atoms with Crippen LogP contribution in [0.2, 0.25) is 0 Å². The van der Waals surface area contributed by atoms with Crippen LogP contribution in [0.4, 0.5) is 24.0 Å². The molecule has 0 fully saturated rings. The molecule has 1 aromatic carbocycles. The van der Waals surface area contributed by atoms with Gasteiger partial charge in [-0.3, -0.25) is 0 Å². The molecule has 2 aromatic rings. The largest absolute Gasteiger partial charge is 0.417 e. The number of rotatable bonds is 3. The summed E-state index contributed by atoms with van der Waals surface area (Å²) in [5.74, 6) is 0. The molecule has 0 saturated heterocycles. The number of nitrogens with zero attached hydrogens (tertiary/aromatic N) is 1. The number of nitrogens with one attached hydrogen (secondary N) is 1. The SMILES string of the molecule is Cc1cnc(Nc2ccc(C(F)(F)F)c(C(N)=S)c2)s1. The molecule has 3 nitrogen and oxygen atoms in total. The van der Waals surface area contributed by atoms with Crippen LogP contribution in [0.3, 0.4) is 0 Å². The Hall–Kier alpha value is -1.67. The minimum atomic E-state index is -4.49. The molecule has 0 saturated carbocycles. The number of thiocarbonyl (C=S) groups is 1. The zero-order valence-corrected chi connectivity index (χ0v) is 11.9. The van der Waals surface area contributed by atoms with Gasteiger partial charge in [0.25, 0.3) is 0 Å². The number of hydrogen-bond donors (Lipinski definition) is 2. The summed E-state index contributed by atoms with van der Waals surface area (Å²) in [5, 5.41) is 3.52. The number of aromatic nitrogens is 1. The van der Waals surface area contributed by atoms with Gasteiger partial charge in [-0.1, -0.05) is 12.2 Å². The van der Waals surface area contributed by atoms with Gasteiger partial charge in [0.15, 0.2) is 5.13 Å². The quantitative estimate of drug-likeness (QED) is 0.844. The van der Waals surface area contributed by atoms with Gasteiger partial charge in [-0.2, -0.15) is 13.2 Å². The molecule has 1 heterocycles.